The molecule has 104 valence electrons. The first kappa shape index (κ1) is 15.6. The van der Waals surface area contributed by atoms with E-state index in [0.717, 1.165) is 10.4 Å². The highest BCUT2D eigenvalue weighted by Gasteiger charge is 2.19. The molecule has 4 nitrogen and oxygen atoms in total. The van der Waals surface area contributed by atoms with E-state index in [9.17, 15) is 8.42 Å². The van der Waals surface area contributed by atoms with E-state index in [-0.39, 0.29) is 18.5 Å². The second-order valence-electron chi connectivity index (χ2n) is 4.52. The van der Waals surface area contributed by atoms with Gasteiger partial charge in [0.2, 0.25) is 10.0 Å². The molecule has 0 aliphatic heterocycles. The zero-order valence-corrected chi connectivity index (χ0v) is 13.0. The molecule has 0 aromatic carbocycles. The first-order valence-electron chi connectivity index (χ1n) is 5.91. The lowest BCUT2D eigenvalue weighted by molar-refractivity contribution is 0.0907. The molecular weight excluding hydrogens is 270 g/mol. The molecule has 6 heteroatoms. The average molecular weight is 291 g/mol. The van der Waals surface area contributed by atoms with E-state index in [0.29, 0.717) is 6.54 Å². The van der Waals surface area contributed by atoms with Crippen molar-refractivity contribution in [2.24, 2.45) is 0 Å². The molecule has 0 amide bonds. The highest BCUT2D eigenvalue weighted by Crippen LogP contribution is 2.18. The summed E-state index contributed by atoms with van der Waals surface area (Å²) in [7, 11) is -1.62. The lowest BCUT2D eigenvalue weighted by Gasteiger charge is -2.17. The van der Waals surface area contributed by atoms with Crippen molar-refractivity contribution in [3.63, 3.8) is 0 Å². The molecule has 0 spiro atoms. The lowest BCUT2D eigenvalue weighted by atomic mass is 10.3. The minimum Gasteiger partial charge on any atom is -0.378 e. The van der Waals surface area contributed by atoms with E-state index >= 15 is 0 Å². The van der Waals surface area contributed by atoms with Crippen LogP contribution < -0.4 is 0 Å². The Bertz CT molecular complexity index is 465. The fraction of sp³-hybridized carbons (Fsp3) is 0.667. The molecule has 18 heavy (non-hydrogen) atoms. The topological polar surface area (TPSA) is 46.6 Å². The summed E-state index contributed by atoms with van der Waals surface area (Å²) in [6.07, 6.45) is 0.0602. The van der Waals surface area contributed by atoms with Crippen LogP contribution in [0.15, 0.2) is 11.4 Å². The summed E-state index contributed by atoms with van der Waals surface area (Å²) in [6, 6.07) is 2.00. The van der Waals surface area contributed by atoms with Gasteiger partial charge in [0.25, 0.3) is 0 Å². The molecule has 0 saturated carbocycles. The normalized spacial score (nSPS) is 12.6. The van der Waals surface area contributed by atoms with Gasteiger partial charge in [-0.05, 0) is 37.8 Å². The van der Waals surface area contributed by atoms with Crippen LogP contribution in [0, 0.1) is 6.92 Å². The van der Waals surface area contributed by atoms with Crippen LogP contribution in [0.4, 0.5) is 0 Å². The summed E-state index contributed by atoms with van der Waals surface area (Å²) in [4.78, 5) is 1.09. The minimum atomic E-state index is -3.23. The highest BCUT2D eigenvalue weighted by molar-refractivity contribution is 7.89. The second-order valence-corrected chi connectivity index (χ2v) is 7.71. The number of ether oxygens (including phenoxy) is 1. The highest BCUT2D eigenvalue weighted by atomic mass is 32.2. The summed E-state index contributed by atoms with van der Waals surface area (Å²) in [6.45, 7) is 6.46. The van der Waals surface area contributed by atoms with Crippen LogP contribution in [0.3, 0.4) is 0 Å². The number of rotatable bonds is 7. The molecule has 1 heterocycles. The molecule has 0 N–H and O–H groups in total. The van der Waals surface area contributed by atoms with Gasteiger partial charge in [-0.15, -0.1) is 11.3 Å². The predicted octanol–water partition coefficient (Wildman–Crippen LogP) is 2.24. The van der Waals surface area contributed by atoms with E-state index in [1.807, 2.05) is 32.2 Å². The first-order valence-corrected chi connectivity index (χ1v) is 8.40. The summed E-state index contributed by atoms with van der Waals surface area (Å²) in [5, 5.41) is 1.98. The van der Waals surface area contributed by atoms with Crippen LogP contribution in [0.5, 0.6) is 0 Å². The van der Waals surface area contributed by atoms with Crippen molar-refractivity contribution in [1.82, 2.24) is 4.31 Å². The molecule has 1 aromatic heterocycles. The van der Waals surface area contributed by atoms with Crippen molar-refractivity contribution in [3.8, 4) is 0 Å². The van der Waals surface area contributed by atoms with E-state index in [2.05, 4.69) is 0 Å². The van der Waals surface area contributed by atoms with Crippen molar-refractivity contribution in [2.75, 3.05) is 19.4 Å². The van der Waals surface area contributed by atoms with Crippen LogP contribution in [-0.4, -0.2) is 38.2 Å². The second kappa shape index (κ2) is 6.65. The Morgan fingerprint density at radius 1 is 1.44 bits per heavy atom. The third-order valence-electron chi connectivity index (χ3n) is 2.60. The van der Waals surface area contributed by atoms with Gasteiger partial charge in [0.15, 0.2) is 0 Å². The number of nitrogens with zero attached hydrogens (tertiary/aromatic N) is 1. The van der Waals surface area contributed by atoms with Crippen LogP contribution in [-0.2, 0) is 21.3 Å². The van der Waals surface area contributed by atoms with Gasteiger partial charge >= 0.3 is 0 Å². The Balaban J connectivity index is 2.54. The zero-order chi connectivity index (χ0) is 13.8. The van der Waals surface area contributed by atoms with Crippen LogP contribution in [0.2, 0.25) is 0 Å². The number of thiophene rings is 1. The number of aryl methyl sites for hydroxylation is 1. The van der Waals surface area contributed by atoms with E-state index < -0.39 is 10.0 Å². The fourth-order valence-electron chi connectivity index (χ4n) is 1.41. The Labute approximate surface area is 114 Å². The fourth-order valence-corrected chi connectivity index (χ4v) is 3.40. The van der Waals surface area contributed by atoms with Gasteiger partial charge in [-0.1, -0.05) is 0 Å². The maximum absolute atomic E-state index is 12.0. The van der Waals surface area contributed by atoms with E-state index in [1.54, 1.807) is 18.4 Å². The molecule has 0 saturated heterocycles. The van der Waals surface area contributed by atoms with Gasteiger partial charge in [0.1, 0.15) is 0 Å². The maximum Gasteiger partial charge on any atom is 0.216 e. The molecule has 1 rings (SSSR count). The van der Waals surface area contributed by atoms with Crippen molar-refractivity contribution in [2.45, 2.75) is 33.4 Å². The van der Waals surface area contributed by atoms with Crippen LogP contribution >= 0.6 is 11.3 Å². The first-order chi connectivity index (χ1) is 8.33. The van der Waals surface area contributed by atoms with Gasteiger partial charge in [0, 0.05) is 18.5 Å². The number of sulfonamides is 1. The Hall–Kier alpha value is -0.430. The van der Waals surface area contributed by atoms with Crippen molar-refractivity contribution in [1.29, 1.82) is 0 Å². The van der Waals surface area contributed by atoms with Gasteiger partial charge in [0.05, 0.1) is 18.5 Å². The molecular formula is C12H21NO3S2. The predicted molar refractivity (Wildman–Crippen MR) is 75.4 cm³/mol. The standard InChI is InChI=1S/C12H21NO3S2/c1-10(2)16-6-8-18(14,15)13(4)9-12-11(3)5-7-17-12/h5,7,10H,6,8-9H2,1-4H3. The molecule has 1 aromatic rings. The third kappa shape index (κ3) is 4.68. The number of hydrogen-bond donors (Lipinski definition) is 0. The van der Waals surface area contributed by atoms with E-state index in [4.69, 9.17) is 4.74 Å². The maximum atomic E-state index is 12.0. The molecule has 0 radical (unpaired) electrons. The van der Waals surface area contributed by atoms with Gasteiger partial charge in [-0.25, -0.2) is 8.42 Å². The zero-order valence-electron chi connectivity index (χ0n) is 11.3. The molecule has 0 fully saturated rings. The van der Waals surface area contributed by atoms with Gasteiger partial charge in [-0.2, -0.15) is 4.31 Å². The van der Waals surface area contributed by atoms with E-state index in [1.165, 1.54) is 4.31 Å². The average Bonchev–Trinajstić information content (AvgIpc) is 2.63. The lowest BCUT2D eigenvalue weighted by Crippen LogP contribution is -2.30. The van der Waals surface area contributed by atoms with Crippen molar-refractivity contribution >= 4 is 21.4 Å². The Morgan fingerprint density at radius 3 is 2.61 bits per heavy atom. The molecule has 0 unspecified atom stereocenters. The van der Waals surface area contributed by atoms with Crippen LogP contribution in [0.1, 0.15) is 24.3 Å². The summed E-state index contributed by atoms with van der Waals surface area (Å²) in [5.41, 5.74) is 1.14. The third-order valence-corrected chi connectivity index (χ3v) is 5.37. The molecule has 0 atom stereocenters. The number of hydrogen-bond acceptors (Lipinski definition) is 4. The molecule has 0 aliphatic rings. The van der Waals surface area contributed by atoms with Crippen molar-refractivity contribution < 1.29 is 13.2 Å². The SMILES string of the molecule is Cc1ccsc1CN(C)S(=O)(=O)CCOC(C)C. The van der Waals surface area contributed by atoms with Crippen LogP contribution in [0.25, 0.3) is 0 Å². The summed E-state index contributed by atoms with van der Waals surface area (Å²) in [5.74, 6) is 0.0338. The van der Waals surface area contributed by atoms with Crippen molar-refractivity contribution in [3.05, 3.63) is 21.9 Å². The van der Waals surface area contributed by atoms with Gasteiger partial charge < -0.3 is 4.74 Å². The smallest absolute Gasteiger partial charge is 0.216 e. The Kier molecular flexibility index (Phi) is 5.78. The monoisotopic (exact) mass is 291 g/mol. The molecule has 0 bridgehead atoms. The quantitative estimate of drug-likeness (QED) is 0.774. The van der Waals surface area contributed by atoms with Gasteiger partial charge in [-0.3, -0.25) is 0 Å². The summed E-state index contributed by atoms with van der Waals surface area (Å²) < 4.78 is 30.7. The minimum absolute atomic E-state index is 0.0338. The Morgan fingerprint density at radius 2 is 2.11 bits per heavy atom. The summed E-state index contributed by atoms with van der Waals surface area (Å²) >= 11 is 1.59. The molecule has 0 aliphatic carbocycles. The largest absolute Gasteiger partial charge is 0.378 e.